The Hall–Kier alpha value is -2.23. The van der Waals surface area contributed by atoms with Crippen LogP contribution in [0.5, 0.6) is 0 Å². The maximum atomic E-state index is 15.1. The fourth-order valence-corrected chi connectivity index (χ4v) is 7.03. The molecule has 4 N–H and O–H groups in total. The Kier molecular flexibility index (Phi) is 8.11. The lowest BCUT2D eigenvalue weighted by atomic mass is 9.62. The Bertz CT molecular complexity index is 1280. The van der Waals surface area contributed by atoms with E-state index >= 15 is 4.39 Å². The highest BCUT2D eigenvalue weighted by molar-refractivity contribution is 6.31. The number of hydrogen-bond donors (Lipinski definition) is 4. The average Bonchev–Trinajstić information content (AvgIpc) is 3.21. The van der Waals surface area contributed by atoms with E-state index in [1.165, 1.54) is 12.1 Å². The van der Waals surface area contributed by atoms with Crippen LogP contribution in [0.4, 0.5) is 10.1 Å². The molecular weight excluding hydrogens is 544 g/mol. The number of nitrogens with zero attached hydrogens (tertiary/aromatic N) is 1. The van der Waals surface area contributed by atoms with Gasteiger partial charge in [-0.2, -0.15) is 0 Å². The summed E-state index contributed by atoms with van der Waals surface area (Å²) >= 11 is 12.6. The van der Waals surface area contributed by atoms with Gasteiger partial charge < -0.3 is 25.3 Å². The van der Waals surface area contributed by atoms with E-state index in [0.717, 1.165) is 0 Å². The molecule has 0 aromatic heterocycles. The summed E-state index contributed by atoms with van der Waals surface area (Å²) < 4.78 is 15.3. The van der Waals surface area contributed by atoms with Gasteiger partial charge in [0.25, 0.3) is 5.91 Å². The zero-order chi connectivity index (χ0) is 28.9. The largest absolute Gasteiger partial charge is 0.394 e. The van der Waals surface area contributed by atoms with Gasteiger partial charge in [-0.3, -0.25) is 9.59 Å². The van der Waals surface area contributed by atoms with Crippen LogP contribution in [0, 0.1) is 11.2 Å². The molecular formula is C29H37Cl2FN3O4+. The van der Waals surface area contributed by atoms with Gasteiger partial charge in [-0.1, -0.05) is 56.1 Å². The molecule has 0 saturated carbocycles. The fourth-order valence-electron chi connectivity index (χ4n) is 6.67. The Balaban J connectivity index is 1.99. The predicted octanol–water partition coefficient (Wildman–Crippen LogP) is 4.23. The van der Waals surface area contributed by atoms with Crippen LogP contribution in [-0.4, -0.2) is 71.9 Å². The van der Waals surface area contributed by atoms with E-state index < -0.39 is 41.9 Å². The molecule has 0 aliphatic carbocycles. The summed E-state index contributed by atoms with van der Waals surface area (Å²) in [5.41, 5.74) is 0.0558. The summed E-state index contributed by atoms with van der Waals surface area (Å²) in [6, 6.07) is 8.70. The highest BCUT2D eigenvalue weighted by Gasteiger charge is 2.74. The molecule has 2 aromatic carbocycles. The molecule has 7 nitrogen and oxygen atoms in total. The van der Waals surface area contributed by atoms with E-state index in [1.54, 1.807) is 18.2 Å². The standard InChI is InChI=1S/C29H36Cl2FN3O4/c1-28(2,3)14-23-29(19-12-21(32)20(31)13-22(19)34-27(29)39)24(16-7-6-8-17(30)11-16)25(35(23,4)5)26(38)33-10-9-18(37)15-36/h6-8,11-13,18,23-25,36-37H,9-10,14-15H2,1-5H3,(H-,33,34,38,39)/p+1/t18-,23+,24-,25+,29-/m0/s1. The van der Waals surface area contributed by atoms with Crippen molar-refractivity contribution in [1.82, 2.24) is 5.32 Å². The number of halogens is 3. The summed E-state index contributed by atoms with van der Waals surface area (Å²) in [5.74, 6) is -1.96. The van der Waals surface area contributed by atoms with Crippen LogP contribution in [0.3, 0.4) is 0 Å². The lowest BCUT2D eigenvalue weighted by Crippen LogP contribution is -2.59. The lowest BCUT2D eigenvalue weighted by molar-refractivity contribution is -0.919. The van der Waals surface area contributed by atoms with Crippen molar-refractivity contribution in [3.05, 3.63) is 63.4 Å². The third-order valence-corrected chi connectivity index (χ3v) is 8.78. The number of aliphatic hydroxyl groups is 2. The van der Waals surface area contributed by atoms with Crippen LogP contribution in [-0.2, 0) is 15.0 Å². The highest BCUT2D eigenvalue weighted by Crippen LogP contribution is 2.61. The molecule has 10 heteroatoms. The van der Waals surface area contributed by atoms with Crippen molar-refractivity contribution in [3.63, 3.8) is 0 Å². The van der Waals surface area contributed by atoms with Crippen LogP contribution in [0.15, 0.2) is 36.4 Å². The summed E-state index contributed by atoms with van der Waals surface area (Å²) in [6.45, 7) is 5.97. The quantitative estimate of drug-likeness (QED) is 0.368. The summed E-state index contributed by atoms with van der Waals surface area (Å²) in [4.78, 5) is 28.4. The minimum absolute atomic E-state index is 0.0961. The molecule has 39 heavy (non-hydrogen) atoms. The first-order valence-corrected chi connectivity index (χ1v) is 13.9. The normalized spacial score (nSPS) is 26.4. The fraction of sp³-hybridized carbons (Fsp3) is 0.517. The third-order valence-electron chi connectivity index (χ3n) is 8.25. The monoisotopic (exact) mass is 580 g/mol. The zero-order valence-electron chi connectivity index (χ0n) is 22.9. The summed E-state index contributed by atoms with van der Waals surface area (Å²) in [6.07, 6.45) is -0.227. The van der Waals surface area contributed by atoms with Gasteiger partial charge in [0.2, 0.25) is 5.91 Å². The van der Waals surface area contributed by atoms with E-state index in [-0.39, 0.29) is 39.7 Å². The van der Waals surface area contributed by atoms with Crippen LogP contribution in [0.25, 0.3) is 0 Å². The van der Waals surface area contributed by atoms with E-state index in [1.807, 2.05) is 20.2 Å². The van der Waals surface area contributed by atoms with Gasteiger partial charge in [0.15, 0.2) is 6.04 Å². The Morgan fingerprint density at radius 1 is 1.23 bits per heavy atom. The van der Waals surface area contributed by atoms with E-state index in [9.17, 15) is 19.8 Å². The number of amides is 2. The van der Waals surface area contributed by atoms with Crippen LogP contribution < -0.4 is 10.6 Å². The lowest BCUT2D eigenvalue weighted by Gasteiger charge is -2.42. The van der Waals surface area contributed by atoms with Gasteiger partial charge >= 0.3 is 0 Å². The number of nitrogens with one attached hydrogen (secondary N) is 2. The van der Waals surface area contributed by atoms with Gasteiger partial charge in [0.1, 0.15) is 17.3 Å². The number of hydrogen-bond acceptors (Lipinski definition) is 4. The average molecular weight is 582 g/mol. The maximum Gasteiger partial charge on any atom is 0.279 e. The molecule has 4 rings (SSSR count). The first-order valence-electron chi connectivity index (χ1n) is 13.1. The molecule has 2 aromatic rings. The van der Waals surface area contributed by atoms with Crippen molar-refractivity contribution in [1.29, 1.82) is 0 Å². The molecule has 212 valence electrons. The van der Waals surface area contributed by atoms with Crippen molar-refractivity contribution in [2.75, 3.05) is 32.6 Å². The SMILES string of the molecule is CC(C)(C)C[C@@H]1[C@]2(C(=O)Nc3cc(Cl)c(F)cc32)[C@@H](c2cccc(Cl)c2)[C@H](C(=O)NCC[C@H](O)CO)[N+]1(C)C. The van der Waals surface area contributed by atoms with Gasteiger partial charge in [0, 0.05) is 29.2 Å². The number of carbonyl (C=O) groups is 2. The van der Waals surface area contributed by atoms with E-state index in [4.69, 9.17) is 23.2 Å². The molecule has 2 amide bonds. The molecule has 1 saturated heterocycles. The van der Waals surface area contributed by atoms with Crippen molar-refractivity contribution in [2.45, 2.75) is 63.1 Å². The van der Waals surface area contributed by atoms with Crippen molar-refractivity contribution >= 4 is 40.7 Å². The highest BCUT2D eigenvalue weighted by atomic mass is 35.5. The van der Waals surface area contributed by atoms with Gasteiger partial charge in [0.05, 0.1) is 37.7 Å². The number of likely N-dealkylation sites (tertiary alicyclic amines) is 1. The topological polar surface area (TPSA) is 98.7 Å². The van der Waals surface area contributed by atoms with Gasteiger partial charge in [-0.05, 0) is 41.7 Å². The molecule has 2 heterocycles. The van der Waals surface area contributed by atoms with E-state index in [2.05, 4.69) is 31.4 Å². The van der Waals surface area contributed by atoms with Crippen molar-refractivity contribution in [3.8, 4) is 0 Å². The zero-order valence-corrected chi connectivity index (χ0v) is 24.4. The van der Waals surface area contributed by atoms with E-state index in [0.29, 0.717) is 28.3 Å². The van der Waals surface area contributed by atoms with Crippen molar-refractivity contribution in [2.24, 2.45) is 5.41 Å². The minimum Gasteiger partial charge on any atom is -0.394 e. The molecule has 5 atom stereocenters. The predicted molar refractivity (Wildman–Crippen MR) is 150 cm³/mol. The third kappa shape index (κ3) is 5.18. The molecule has 1 spiro atoms. The number of fused-ring (bicyclic) bond motifs is 2. The molecule has 2 aliphatic rings. The Labute approximate surface area is 238 Å². The summed E-state index contributed by atoms with van der Waals surface area (Å²) in [5, 5.41) is 25.3. The second-order valence-corrected chi connectivity index (χ2v) is 13.3. The first-order chi connectivity index (χ1) is 18.1. The molecule has 1 fully saturated rings. The summed E-state index contributed by atoms with van der Waals surface area (Å²) in [7, 11) is 3.88. The van der Waals surface area contributed by atoms with Crippen LogP contribution in [0.1, 0.15) is 50.7 Å². The molecule has 2 aliphatic heterocycles. The second-order valence-electron chi connectivity index (χ2n) is 12.4. The second kappa shape index (κ2) is 10.6. The number of benzene rings is 2. The molecule has 0 unspecified atom stereocenters. The maximum absolute atomic E-state index is 15.1. The minimum atomic E-state index is -1.31. The number of likely N-dealkylation sites (N-methyl/N-ethyl adjacent to an activating group) is 1. The number of anilines is 1. The molecule has 0 radical (unpaired) electrons. The Morgan fingerprint density at radius 2 is 1.92 bits per heavy atom. The number of quaternary nitrogens is 1. The van der Waals surface area contributed by atoms with Gasteiger partial charge in [-0.15, -0.1) is 0 Å². The van der Waals surface area contributed by atoms with Crippen LogP contribution >= 0.6 is 23.2 Å². The number of carbonyl (C=O) groups excluding carboxylic acids is 2. The number of rotatable bonds is 7. The van der Waals surface area contributed by atoms with Crippen LogP contribution in [0.2, 0.25) is 10.0 Å². The smallest absolute Gasteiger partial charge is 0.279 e. The Morgan fingerprint density at radius 3 is 2.54 bits per heavy atom. The first kappa shape index (κ1) is 29.7. The molecule has 0 bridgehead atoms. The van der Waals surface area contributed by atoms with Gasteiger partial charge in [-0.25, -0.2) is 4.39 Å². The van der Waals surface area contributed by atoms with Crippen molar-refractivity contribution < 1.29 is 28.7 Å². The number of aliphatic hydroxyl groups excluding tert-OH is 2.